The van der Waals surface area contributed by atoms with Gasteiger partial charge in [0.05, 0.1) is 23.1 Å². The van der Waals surface area contributed by atoms with E-state index in [1.807, 2.05) is 0 Å². The van der Waals surface area contributed by atoms with E-state index in [1.54, 1.807) is 38.6 Å². The van der Waals surface area contributed by atoms with Crippen molar-refractivity contribution >= 4 is 16.2 Å². The molecule has 150 valence electrons. The summed E-state index contributed by atoms with van der Waals surface area (Å²) < 4.78 is 27.5. The van der Waals surface area contributed by atoms with Gasteiger partial charge in [-0.3, -0.25) is 4.98 Å². The number of carboxylic acid groups (broad SMARTS) is 1. The maximum atomic E-state index is 12.4. The molecule has 1 aliphatic rings. The zero-order valence-corrected chi connectivity index (χ0v) is 16.8. The zero-order valence-electron chi connectivity index (χ0n) is 15.9. The number of hydrogen-bond acceptors (Lipinski definition) is 5. The highest BCUT2D eigenvalue weighted by molar-refractivity contribution is 7.86. The second-order valence-corrected chi connectivity index (χ2v) is 9.28. The van der Waals surface area contributed by atoms with Crippen LogP contribution >= 0.6 is 0 Å². The molecule has 1 saturated heterocycles. The Balaban J connectivity index is 1.73. The third kappa shape index (κ3) is 4.54. The predicted molar refractivity (Wildman–Crippen MR) is 105 cm³/mol. The molecular weight excluding hydrogens is 380 g/mol. The number of carbonyl (C=O) groups is 1. The summed E-state index contributed by atoms with van der Waals surface area (Å²) in [6.07, 6.45) is 5.76. The van der Waals surface area contributed by atoms with Crippen molar-refractivity contribution in [1.29, 1.82) is 0 Å². The summed E-state index contributed by atoms with van der Waals surface area (Å²) in [6, 6.07) is 6.50. The normalized spacial score (nSPS) is 18.3. The molecule has 8 nitrogen and oxygen atoms in total. The summed E-state index contributed by atoms with van der Waals surface area (Å²) in [5.74, 6) is -0.789. The molecule has 1 fully saturated rings. The highest BCUT2D eigenvalue weighted by atomic mass is 32.2. The quantitative estimate of drug-likeness (QED) is 0.789. The van der Waals surface area contributed by atoms with Gasteiger partial charge in [-0.2, -0.15) is 17.0 Å². The summed E-state index contributed by atoms with van der Waals surface area (Å²) >= 11 is 0. The number of carboxylic acids is 1. The van der Waals surface area contributed by atoms with Gasteiger partial charge in [0.1, 0.15) is 0 Å². The SMILES string of the molecule is CN(C)S(=O)(=O)N1CCC[C@H](Cc2cncc(-c3ccc(C(=O)O)cc3)n2)C1. The van der Waals surface area contributed by atoms with E-state index in [9.17, 15) is 13.2 Å². The summed E-state index contributed by atoms with van der Waals surface area (Å²) in [6.45, 7) is 1.01. The van der Waals surface area contributed by atoms with E-state index < -0.39 is 16.2 Å². The summed E-state index contributed by atoms with van der Waals surface area (Å²) in [4.78, 5) is 19.9. The topological polar surface area (TPSA) is 104 Å². The van der Waals surface area contributed by atoms with Gasteiger partial charge < -0.3 is 5.11 Å². The molecule has 1 N–H and O–H groups in total. The fraction of sp³-hybridized carbons (Fsp3) is 0.421. The average Bonchev–Trinajstić information content (AvgIpc) is 2.68. The van der Waals surface area contributed by atoms with Crippen LogP contribution in [-0.4, -0.2) is 65.3 Å². The Morgan fingerprint density at radius 3 is 2.61 bits per heavy atom. The lowest BCUT2D eigenvalue weighted by Gasteiger charge is -2.33. The minimum Gasteiger partial charge on any atom is -0.478 e. The van der Waals surface area contributed by atoms with Gasteiger partial charge in [-0.1, -0.05) is 12.1 Å². The van der Waals surface area contributed by atoms with Crippen molar-refractivity contribution in [3.8, 4) is 11.3 Å². The number of aromatic nitrogens is 2. The number of hydrogen-bond donors (Lipinski definition) is 1. The minimum absolute atomic E-state index is 0.183. The molecule has 2 heterocycles. The Bertz CT molecular complexity index is 945. The monoisotopic (exact) mass is 404 g/mol. The van der Waals surface area contributed by atoms with Crippen LogP contribution in [0.4, 0.5) is 0 Å². The van der Waals surface area contributed by atoms with Gasteiger partial charge in [0.15, 0.2) is 0 Å². The molecule has 0 spiro atoms. The molecule has 9 heteroatoms. The Hall–Kier alpha value is -2.36. The largest absolute Gasteiger partial charge is 0.478 e. The van der Waals surface area contributed by atoms with Crippen LogP contribution in [0.25, 0.3) is 11.3 Å². The lowest BCUT2D eigenvalue weighted by Crippen LogP contribution is -2.45. The maximum Gasteiger partial charge on any atom is 0.335 e. The molecule has 0 radical (unpaired) electrons. The first-order chi connectivity index (χ1) is 13.3. The van der Waals surface area contributed by atoms with Gasteiger partial charge in [0.2, 0.25) is 0 Å². The third-order valence-corrected chi connectivity index (χ3v) is 6.79. The van der Waals surface area contributed by atoms with Crippen LogP contribution < -0.4 is 0 Å². The standard InChI is InChI=1S/C19H24N4O4S/c1-22(2)28(26,27)23-9-3-4-14(13-23)10-17-11-20-12-18(21-17)15-5-7-16(8-6-15)19(24)25/h5-8,11-12,14H,3-4,9-10,13H2,1-2H3,(H,24,25)/t14-/m1/s1. The lowest BCUT2D eigenvalue weighted by atomic mass is 9.95. The summed E-state index contributed by atoms with van der Waals surface area (Å²) in [7, 11) is -0.314. The van der Waals surface area contributed by atoms with E-state index in [2.05, 4.69) is 9.97 Å². The summed E-state index contributed by atoms with van der Waals surface area (Å²) in [5, 5.41) is 9.01. The van der Waals surface area contributed by atoms with Crippen LogP contribution in [0, 0.1) is 5.92 Å². The molecule has 28 heavy (non-hydrogen) atoms. The van der Waals surface area contributed by atoms with Crippen LogP contribution in [-0.2, 0) is 16.6 Å². The van der Waals surface area contributed by atoms with Crippen molar-refractivity contribution in [3.05, 3.63) is 47.9 Å². The second kappa shape index (κ2) is 8.34. The van der Waals surface area contributed by atoms with Crippen LogP contribution in [0.1, 0.15) is 28.9 Å². The maximum absolute atomic E-state index is 12.4. The van der Waals surface area contributed by atoms with Gasteiger partial charge in [-0.15, -0.1) is 0 Å². The highest BCUT2D eigenvalue weighted by Gasteiger charge is 2.30. The third-order valence-electron chi connectivity index (χ3n) is 4.88. The Morgan fingerprint density at radius 1 is 1.25 bits per heavy atom. The van der Waals surface area contributed by atoms with Gasteiger partial charge in [0, 0.05) is 38.9 Å². The van der Waals surface area contributed by atoms with Crippen LogP contribution in [0.15, 0.2) is 36.7 Å². The molecule has 1 aromatic carbocycles. The fourth-order valence-electron chi connectivity index (χ4n) is 3.36. The molecule has 0 amide bonds. The Morgan fingerprint density at radius 2 is 1.96 bits per heavy atom. The number of rotatable bonds is 6. The van der Waals surface area contributed by atoms with Crippen molar-refractivity contribution in [3.63, 3.8) is 0 Å². The van der Waals surface area contributed by atoms with E-state index in [-0.39, 0.29) is 11.5 Å². The van der Waals surface area contributed by atoms with E-state index in [4.69, 9.17) is 5.11 Å². The molecule has 3 rings (SSSR count). The number of benzene rings is 1. The van der Waals surface area contributed by atoms with Gasteiger partial charge in [-0.05, 0) is 37.3 Å². The Labute approximate surface area is 165 Å². The van der Waals surface area contributed by atoms with Crippen LogP contribution in [0.2, 0.25) is 0 Å². The molecule has 0 aliphatic carbocycles. The van der Waals surface area contributed by atoms with Crippen molar-refractivity contribution in [2.24, 2.45) is 5.92 Å². The van der Waals surface area contributed by atoms with Crippen molar-refractivity contribution in [2.75, 3.05) is 27.2 Å². The van der Waals surface area contributed by atoms with E-state index >= 15 is 0 Å². The van der Waals surface area contributed by atoms with Crippen molar-refractivity contribution in [2.45, 2.75) is 19.3 Å². The molecule has 0 saturated carbocycles. The zero-order chi connectivity index (χ0) is 20.3. The smallest absolute Gasteiger partial charge is 0.335 e. The predicted octanol–water partition coefficient (Wildman–Crippen LogP) is 1.90. The fourth-order valence-corrected chi connectivity index (χ4v) is 4.58. The number of piperidine rings is 1. The lowest BCUT2D eigenvalue weighted by molar-refractivity contribution is 0.0697. The first-order valence-electron chi connectivity index (χ1n) is 9.09. The molecule has 0 bridgehead atoms. The Kier molecular flexibility index (Phi) is 6.07. The van der Waals surface area contributed by atoms with E-state index in [0.29, 0.717) is 25.2 Å². The first-order valence-corrected chi connectivity index (χ1v) is 10.5. The van der Waals surface area contributed by atoms with E-state index in [1.165, 1.54) is 20.7 Å². The van der Waals surface area contributed by atoms with Crippen molar-refractivity contribution in [1.82, 2.24) is 18.6 Å². The van der Waals surface area contributed by atoms with Crippen LogP contribution in [0.5, 0.6) is 0 Å². The second-order valence-electron chi connectivity index (χ2n) is 7.14. The number of nitrogens with zero attached hydrogens (tertiary/aromatic N) is 4. The van der Waals surface area contributed by atoms with Crippen molar-refractivity contribution < 1.29 is 18.3 Å². The van der Waals surface area contributed by atoms with E-state index in [0.717, 1.165) is 24.1 Å². The molecular formula is C19H24N4O4S. The highest BCUT2D eigenvalue weighted by Crippen LogP contribution is 2.24. The number of aromatic carboxylic acids is 1. The summed E-state index contributed by atoms with van der Waals surface area (Å²) in [5.41, 5.74) is 2.48. The molecule has 1 aliphatic heterocycles. The first kappa shape index (κ1) is 20.4. The van der Waals surface area contributed by atoms with Gasteiger partial charge >= 0.3 is 5.97 Å². The molecule has 2 aromatic rings. The minimum atomic E-state index is -3.40. The van der Waals surface area contributed by atoms with Crippen LogP contribution in [0.3, 0.4) is 0 Å². The molecule has 0 unspecified atom stereocenters. The average molecular weight is 404 g/mol. The van der Waals surface area contributed by atoms with Gasteiger partial charge in [0.25, 0.3) is 10.2 Å². The molecule has 1 atom stereocenters. The van der Waals surface area contributed by atoms with Gasteiger partial charge in [-0.25, -0.2) is 9.78 Å². The molecule has 1 aromatic heterocycles.